The number of nitrogens with zero attached hydrogens (tertiary/aromatic N) is 1. The van der Waals surface area contributed by atoms with Crippen molar-refractivity contribution in [3.63, 3.8) is 0 Å². The van der Waals surface area contributed by atoms with Gasteiger partial charge in [0.2, 0.25) is 5.91 Å². The lowest BCUT2D eigenvalue weighted by atomic mass is 10.0. The van der Waals surface area contributed by atoms with Crippen molar-refractivity contribution in [2.75, 3.05) is 18.6 Å². The van der Waals surface area contributed by atoms with Gasteiger partial charge in [0.15, 0.2) is 0 Å². The average Bonchev–Trinajstić information content (AvgIpc) is 2.40. The lowest BCUT2D eigenvalue weighted by molar-refractivity contribution is -0.122. The quantitative estimate of drug-likeness (QED) is 0.795. The Morgan fingerprint density at radius 2 is 1.95 bits per heavy atom. The monoisotopic (exact) mass is 277 g/mol. The van der Waals surface area contributed by atoms with E-state index in [2.05, 4.69) is 32.0 Å². The van der Waals surface area contributed by atoms with E-state index in [1.807, 2.05) is 25.7 Å². The van der Waals surface area contributed by atoms with Crippen molar-refractivity contribution in [1.82, 2.24) is 0 Å². The zero-order chi connectivity index (χ0) is 15.3. The fraction of sp³-hybridized carbons (Fsp3) is 0.588. The van der Waals surface area contributed by atoms with Gasteiger partial charge in [-0.2, -0.15) is 0 Å². The van der Waals surface area contributed by atoms with Gasteiger partial charge in [0.1, 0.15) is 0 Å². The van der Waals surface area contributed by atoms with E-state index in [9.17, 15) is 4.79 Å². The van der Waals surface area contributed by atoms with Crippen molar-refractivity contribution in [2.24, 2.45) is 5.92 Å². The largest absolute Gasteiger partial charge is 0.383 e. The first-order valence-electron chi connectivity index (χ1n) is 7.34. The van der Waals surface area contributed by atoms with Gasteiger partial charge in [-0.05, 0) is 31.4 Å². The number of aryl methyl sites for hydroxylation is 2. The number of carbonyl (C=O) groups excluding carboxylic acids is 1. The number of carbonyl (C=O) groups is 1. The van der Waals surface area contributed by atoms with Gasteiger partial charge in [-0.1, -0.05) is 39.0 Å². The molecule has 112 valence electrons. The van der Waals surface area contributed by atoms with Gasteiger partial charge < -0.3 is 9.64 Å². The number of hydrogen-bond donors (Lipinski definition) is 0. The van der Waals surface area contributed by atoms with Crippen LogP contribution in [-0.4, -0.2) is 25.7 Å². The van der Waals surface area contributed by atoms with Crippen LogP contribution in [0.5, 0.6) is 0 Å². The highest BCUT2D eigenvalue weighted by molar-refractivity contribution is 5.96. The molecule has 1 amide bonds. The van der Waals surface area contributed by atoms with E-state index < -0.39 is 0 Å². The van der Waals surface area contributed by atoms with Gasteiger partial charge >= 0.3 is 0 Å². The van der Waals surface area contributed by atoms with Crippen molar-refractivity contribution in [2.45, 2.75) is 47.1 Å². The van der Waals surface area contributed by atoms with Crippen LogP contribution in [0.3, 0.4) is 0 Å². The molecule has 0 aliphatic heterocycles. The summed E-state index contributed by atoms with van der Waals surface area (Å²) in [6.07, 6.45) is 0.915. The fourth-order valence-electron chi connectivity index (χ4n) is 2.49. The van der Waals surface area contributed by atoms with E-state index in [-0.39, 0.29) is 17.9 Å². The van der Waals surface area contributed by atoms with Crippen LogP contribution in [0.2, 0.25) is 0 Å². The summed E-state index contributed by atoms with van der Waals surface area (Å²) >= 11 is 0. The molecular formula is C17H27NO2. The molecule has 0 aliphatic rings. The summed E-state index contributed by atoms with van der Waals surface area (Å²) in [7, 11) is 1.67. The molecule has 1 rings (SSSR count). The Balaban J connectivity index is 3.33. The maximum atomic E-state index is 12.7. The van der Waals surface area contributed by atoms with E-state index in [0.29, 0.717) is 6.61 Å². The summed E-state index contributed by atoms with van der Waals surface area (Å²) in [5, 5.41) is 0. The van der Waals surface area contributed by atoms with Crippen molar-refractivity contribution in [3.05, 3.63) is 29.3 Å². The Labute approximate surface area is 122 Å². The first kappa shape index (κ1) is 16.7. The molecule has 0 saturated heterocycles. The Hall–Kier alpha value is -1.35. The number of anilines is 1. The Morgan fingerprint density at radius 1 is 1.30 bits per heavy atom. The maximum Gasteiger partial charge on any atom is 0.229 e. The molecule has 1 unspecified atom stereocenters. The van der Waals surface area contributed by atoms with Crippen molar-refractivity contribution in [1.29, 1.82) is 0 Å². The van der Waals surface area contributed by atoms with Crippen LogP contribution in [0.1, 0.15) is 38.8 Å². The second-order valence-corrected chi connectivity index (χ2v) is 5.60. The van der Waals surface area contributed by atoms with Crippen LogP contribution in [-0.2, 0) is 16.0 Å². The second-order valence-electron chi connectivity index (χ2n) is 5.60. The molecule has 0 radical (unpaired) electrons. The van der Waals surface area contributed by atoms with Gasteiger partial charge in [-0.15, -0.1) is 0 Å². The van der Waals surface area contributed by atoms with Gasteiger partial charge in [-0.3, -0.25) is 4.79 Å². The zero-order valence-corrected chi connectivity index (χ0v) is 13.6. The highest BCUT2D eigenvalue weighted by atomic mass is 16.5. The van der Waals surface area contributed by atoms with E-state index >= 15 is 0 Å². The molecule has 1 atom stereocenters. The maximum absolute atomic E-state index is 12.7. The minimum Gasteiger partial charge on any atom is -0.383 e. The van der Waals surface area contributed by atoms with E-state index in [0.717, 1.165) is 17.7 Å². The Kier molecular flexibility index (Phi) is 6.21. The predicted molar refractivity (Wildman–Crippen MR) is 84.2 cm³/mol. The molecule has 0 saturated carbocycles. The molecule has 0 aliphatic carbocycles. The van der Waals surface area contributed by atoms with Crippen molar-refractivity contribution < 1.29 is 9.53 Å². The summed E-state index contributed by atoms with van der Waals surface area (Å²) in [6.45, 7) is 10.6. The lowest BCUT2D eigenvalue weighted by Gasteiger charge is -2.33. The third-order valence-corrected chi connectivity index (χ3v) is 3.52. The predicted octanol–water partition coefficient (Wildman–Crippen LogP) is 3.58. The molecule has 3 nitrogen and oxygen atoms in total. The summed E-state index contributed by atoms with van der Waals surface area (Å²) in [6, 6.07) is 6.25. The number of benzene rings is 1. The average molecular weight is 277 g/mol. The van der Waals surface area contributed by atoms with Gasteiger partial charge in [0.25, 0.3) is 0 Å². The summed E-state index contributed by atoms with van der Waals surface area (Å²) in [5.74, 6) is 0.122. The molecule has 20 heavy (non-hydrogen) atoms. The van der Waals surface area contributed by atoms with E-state index in [1.54, 1.807) is 7.11 Å². The van der Waals surface area contributed by atoms with Crippen molar-refractivity contribution >= 4 is 11.6 Å². The van der Waals surface area contributed by atoms with Crippen LogP contribution in [0.25, 0.3) is 0 Å². The highest BCUT2D eigenvalue weighted by Gasteiger charge is 2.26. The fourth-order valence-corrected chi connectivity index (χ4v) is 2.49. The SMILES string of the molecule is CCc1cccc(C)c1N(C(=O)C(C)C)C(C)COC. The summed E-state index contributed by atoms with van der Waals surface area (Å²) in [5.41, 5.74) is 3.40. The number of hydrogen-bond acceptors (Lipinski definition) is 2. The summed E-state index contributed by atoms with van der Waals surface area (Å²) < 4.78 is 5.26. The molecule has 1 aromatic rings. The van der Waals surface area contributed by atoms with Crippen molar-refractivity contribution in [3.8, 4) is 0 Å². The first-order valence-corrected chi connectivity index (χ1v) is 7.34. The minimum atomic E-state index is -0.0291. The van der Waals surface area contributed by atoms with Crippen LogP contribution < -0.4 is 4.90 Å². The Morgan fingerprint density at radius 3 is 2.45 bits per heavy atom. The number of rotatable bonds is 6. The van der Waals surface area contributed by atoms with Crippen LogP contribution in [0.4, 0.5) is 5.69 Å². The van der Waals surface area contributed by atoms with Crippen LogP contribution in [0.15, 0.2) is 18.2 Å². The number of methoxy groups -OCH3 is 1. The molecule has 0 aromatic heterocycles. The zero-order valence-electron chi connectivity index (χ0n) is 13.6. The molecular weight excluding hydrogens is 250 g/mol. The second kappa shape index (κ2) is 7.44. The molecule has 0 fully saturated rings. The standard InChI is InChI=1S/C17H27NO2/c1-7-15-10-8-9-13(4)16(15)18(14(5)11-20-6)17(19)12(2)3/h8-10,12,14H,7,11H2,1-6H3. The minimum absolute atomic E-state index is 0.0290. The van der Waals surface area contributed by atoms with E-state index in [4.69, 9.17) is 4.74 Å². The molecule has 0 heterocycles. The molecule has 0 N–H and O–H groups in total. The third kappa shape index (κ3) is 3.60. The smallest absolute Gasteiger partial charge is 0.229 e. The van der Waals surface area contributed by atoms with Gasteiger partial charge in [-0.25, -0.2) is 0 Å². The molecule has 3 heteroatoms. The van der Waals surface area contributed by atoms with Crippen LogP contribution in [0, 0.1) is 12.8 Å². The Bertz CT molecular complexity index is 454. The number of ether oxygens (including phenoxy) is 1. The number of para-hydroxylation sites is 1. The van der Waals surface area contributed by atoms with Crippen LogP contribution >= 0.6 is 0 Å². The number of amides is 1. The third-order valence-electron chi connectivity index (χ3n) is 3.52. The van der Waals surface area contributed by atoms with Gasteiger partial charge in [0.05, 0.1) is 18.3 Å². The summed E-state index contributed by atoms with van der Waals surface area (Å²) in [4.78, 5) is 14.6. The van der Waals surface area contributed by atoms with E-state index in [1.165, 1.54) is 5.56 Å². The van der Waals surface area contributed by atoms with Gasteiger partial charge in [0, 0.05) is 13.0 Å². The lowest BCUT2D eigenvalue weighted by Crippen LogP contribution is -2.44. The normalized spacial score (nSPS) is 12.6. The highest BCUT2D eigenvalue weighted by Crippen LogP contribution is 2.29. The first-order chi connectivity index (χ1) is 9.43. The molecule has 0 bridgehead atoms. The molecule has 0 spiro atoms. The molecule has 1 aromatic carbocycles. The topological polar surface area (TPSA) is 29.5 Å².